The van der Waals surface area contributed by atoms with Crippen molar-refractivity contribution in [3.8, 4) is 0 Å². The molecule has 1 unspecified atom stereocenters. The van der Waals surface area contributed by atoms with Crippen molar-refractivity contribution in [3.05, 3.63) is 0 Å². The molecule has 0 aromatic rings. The molecule has 1 rings (SSSR count). The Bertz CT molecular complexity index is 214. The summed E-state index contributed by atoms with van der Waals surface area (Å²) in [4.78, 5) is 2.48. The molecule has 4 heteroatoms. The largest absolute Gasteiger partial charge is 0.394 e. The standard InChI is InChI=1S/C14H30N2O2/c1-5-14(11-17,15-4)7-6-8-16-9-12(2)18-13(3)10-16/h12-13,15,17H,5-11H2,1-4H3/t12-,13+,14?. The molecule has 108 valence electrons. The highest BCUT2D eigenvalue weighted by Gasteiger charge is 2.26. The highest BCUT2D eigenvalue weighted by Crippen LogP contribution is 2.18. The molecule has 18 heavy (non-hydrogen) atoms. The van der Waals surface area contributed by atoms with E-state index in [1.54, 1.807) is 0 Å². The first kappa shape index (κ1) is 15.9. The Balaban J connectivity index is 2.32. The van der Waals surface area contributed by atoms with Crippen molar-refractivity contribution in [3.63, 3.8) is 0 Å². The Kier molecular flexibility index (Phi) is 6.57. The summed E-state index contributed by atoms with van der Waals surface area (Å²) in [5.41, 5.74) is -0.0937. The second-order valence-electron chi connectivity index (χ2n) is 5.66. The first-order chi connectivity index (χ1) is 8.55. The van der Waals surface area contributed by atoms with Gasteiger partial charge in [0.1, 0.15) is 0 Å². The third kappa shape index (κ3) is 4.50. The van der Waals surface area contributed by atoms with Crippen molar-refractivity contribution in [2.24, 2.45) is 0 Å². The summed E-state index contributed by atoms with van der Waals surface area (Å²) in [6.07, 6.45) is 3.79. The minimum Gasteiger partial charge on any atom is -0.394 e. The molecule has 4 nitrogen and oxygen atoms in total. The van der Waals surface area contributed by atoms with E-state index in [0.717, 1.165) is 38.9 Å². The van der Waals surface area contributed by atoms with E-state index in [2.05, 4.69) is 31.0 Å². The molecule has 1 aliphatic heterocycles. The molecule has 0 bridgehead atoms. The summed E-state index contributed by atoms with van der Waals surface area (Å²) in [5.74, 6) is 0. The zero-order chi connectivity index (χ0) is 13.6. The minimum absolute atomic E-state index is 0.0937. The SMILES string of the molecule is CCC(CO)(CCCN1C[C@@H](C)O[C@@H](C)C1)NC. The summed E-state index contributed by atoms with van der Waals surface area (Å²) in [7, 11) is 1.94. The van der Waals surface area contributed by atoms with E-state index in [-0.39, 0.29) is 12.1 Å². The van der Waals surface area contributed by atoms with Crippen LogP contribution in [-0.4, -0.2) is 61.0 Å². The molecule has 1 aliphatic rings. The molecule has 2 N–H and O–H groups in total. The summed E-state index contributed by atoms with van der Waals surface area (Å²) in [6, 6.07) is 0. The van der Waals surface area contributed by atoms with Gasteiger partial charge in [-0.25, -0.2) is 0 Å². The van der Waals surface area contributed by atoms with Gasteiger partial charge in [-0.1, -0.05) is 6.92 Å². The maximum Gasteiger partial charge on any atom is 0.0678 e. The van der Waals surface area contributed by atoms with Gasteiger partial charge in [-0.3, -0.25) is 4.90 Å². The van der Waals surface area contributed by atoms with Crippen molar-refractivity contribution < 1.29 is 9.84 Å². The zero-order valence-corrected chi connectivity index (χ0v) is 12.4. The third-order valence-electron chi connectivity index (χ3n) is 4.13. The molecule has 0 radical (unpaired) electrons. The van der Waals surface area contributed by atoms with Gasteiger partial charge in [0, 0.05) is 18.6 Å². The lowest BCUT2D eigenvalue weighted by molar-refractivity contribution is -0.0686. The van der Waals surface area contributed by atoms with Gasteiger partial charge in [0.15, 0.2) is 0 Å². The fraction of sp³-hybridized carbons (Fsp3) is 1.00. The van der Waals surface area contributed by atoms with Gasteiger partial charge < -0.3 is 15.2 Å². The Hall–Kier alpha value is -0.160. The topological polar surface area (TPSA) is 44.7 Å². The molecular weight excluding hydrogens is 228 g/mol. The third-order valence-corrected chi connectivity index (χ3v) is 4.13. The highest BCUT2D eigenvalue weighted by atomic mass is 16.5. The van der Waals surface area contributed by atoms with Gasteiger partial charge >= 0.3 is 0 Å². The molecule has 1 saturated heterocycles. The van der Waals surface area contributed by atoms with Gasteiger partial charge in [0.2, 0.25) is 0 Å². The summed E-state index contributed by atoms with van der Waals surface area (Å²) in [6.45, 7) is 9.79. The van der Waals surface area contributed by atoms with Crippen molar-refractivity contribution in [2.75, 3.05) is 33.3 Å². The van der Waals surface area contributed by atoms with Crippen LogP contribution in [0.25, 0.3) is 0 Å². The lowest BCUT2D eigenvalue weighted by Gasteiger charge is -2.36. The second kappa shape index (κ2) is 7.43. The van der Waals surface area contributed by atoms with Gasteiger partial charge in [-0.15, -0.1) is 0 Å². The number of rotatable bonds is 7. The number of hydrogen-bond acceptors (Lipinski definition) is 4. The number of aliphatic hydroxyl groups excluding tert-OH is 1. The van der Waals surface area contributed by atoms with Crippen molar-refractivity contribution in [1.29, 1.82) is 0 Å². The Morgan fingerprint density at radius 1 is 1.33 bits per heavy atom. The van der Waals surface area contributed by atoms with Crippen LogP contribution in [0.1, 0.15) is 40.0 Å². The number of nitrogens with one attached hydrogen (secondary N) is 1. The van der Waals surface area contributed by atoms with E-state index in [1.165, 1.54) is 0 Å². The van der Waals surface area contributed by atoms with Crippen LogP contribution in [0.5, 0.6) is 0 Å². The summed E-state index contributed by atoms with van der Waals surface area (Å²) < 4.78 is 5.73. The highest BCUT2D eigenvalue weighted by molar-refractivity contribution is 4.85. The Morgan fingerprint density at radius 3 is 2.39 bits per heavy atom. The van der Waals surface area contributed by atoms with Crippen molar-refractivity contribution in [1.82, 2.24) is 10.2 Å². The lowest BCUT2D eigenvalue weighted by atomic mass is 9.91. The average molecular weight is 258 g/mol. The molecule has 0 aromatic carbocycles. The summed E-state index contributed by atoms with van der Waals surface area (Å²) in [5, 5.41) is 12.8. The second-order valence-corrected chi connectivity index (χ2v) is 5.66. The van der Waals surface area contributed by atoms with E-state index in [9.17, 15) is 5.11 Å². The number of likely N-dealkylation sites (N-methyl/N-ethyl adjacent to an activating group) is 1. The molecule has 0 saturated carbocycles. The van der Waals surface area contributed by atoms with Crippen LogP contribution >= 0.6 is 0 Å². The summed E-state index contributed by atoms with van der Waals surface area (Å²) >= 11 is 0. The van der Waals surface area contributed by atoms with Gasteiger partial charge in [-0.05, 0) is 46.7 Å². The van der Waals surface area contributed by atoms with Crippen LogP contribution in [0, 0.1) is 0 Å². The average Bonchev–Trinajstić information content (AvgIpc) is 2.34. The van der Waals surface area contributed by atoms with E-state index in [0.29, 0.717) is 12.2 Å². The monoisotopic (exact) mass is 258 g/mol. The molecule has 0 spiro atoms. The smallest absolute Gasteiger partial charge is 0.0678 e. The van der Waals surface area contributed by atoms with Crippen LogP contribution in [0.2, 0.25) is 0 Å². The fourth-order valence-electron chi connectivity index (χ4n) is 2.86. The number of morpholine rings is 1. The number of ether oxygens (including phenoxy) is 1. The molecule has 1 heterocycles. The number of aliphatic hydroxyl groups is 1. The first-order valence-corrected chi connectivity index (χ1v) is 7.23. The normalized spacial score (nSPS) is 29.2. The van der Waals surface area contributed by atoms with Crippen LogP contribution < -0.4 is 5.32 Å². The van der Waals surface area contributed by atoms with Gasteiger partial charge in [-0.2, -0.15) is 0 Å². The predicted molar refractivity (Wildman–Crippen MR) is 74.9 cm³/mol. The zero-order valence-electron chi connectivity index (χ0n) is 12.4. The molecule has 3 atom stereocenters. The molecular formula is C14H30N2O2. The molecule has 0 amide bonds. The molecule has 0 aliphatic carbocycles. The van der Waals surface area contributed by atoms with Gasteiger partial charge in [0.25, 0.3) is 0 Å². The maximum atomic E-state index is 9.50. The fourth-order valence-corrected chi connectivity index (χ4v) is 2.86. The predicted octanol–water partition coefficient (Wildman–Crippen LogP) is 1.24. The van der Waals surface area contributed by atoms with Crippen molar-refractivity contribution in [2.45, 2.75) is 57.8 Å². The van der Waals surface area contributed by atoms with E-state index in [1.807, 2.05) is 7.05 Å². The minimum atomic E-state index is -0.0937. The maximum absolute atomic E-state index is 9.50. The van der Waals surface area contributed by atoms with Crippen LogP contribution in [0.15, 0.2) is 0 Å². The van der Waals surface area contributed by atoms with E-state index < -0.39 is 0 Å². The van der Waals surface area contributed by atoms with E-state index in [4.69, 9.17) is 4.74 Å². The van der Waals surface area contributed by atoms with Crippen molar-refractivity contribution >= 4 is 0 Å². The number of nitrogens with zero attached hydrogens (tertiary/aromatic N) is 1. The van der Waals surface area contributed by atoms with E-state index >= 15 is 0 Å². The number of hydrogen-bond donors (Lipinski definition) is 2. The lowest BCUT2D eigenvalue weighted by Crippen LogP contribution is -2.48. The molecule has 0 aromatic heterocycles. The van der Waals surface area contributed by atoms with Crippen LogP contribution in [-0.2, 0) is 4.74 Å². The Morgan fingerprint density at radius 2 is 1.94 bits per heavy atom. The van der Waals surface area contributed by atoms with Crippen LogP contribution in [0.3, 0.4) is 0 Å². The Labute approximate surface area is 112 Å². The first-order valence-electron chi connectivity index (χ1n) is 7.23. The molecule has 1 fully saturated rings. The van der Waals surface area contributed by atoms with Crippen LogP contribution in [0.4, 0.5) is 0 Å². The van der Waals surface area contributed by atoms with Gasteiger partial charge in [0.05, 0.1) is 18.8 Å². The quantitative estimate of drug-likeness (QED) is 0.721.